The topological polar surface area (TPSA) is 50.4 Å². The van der Waals surface area contributed by atoms with Crippen molar-refractivity contribution in [3.8, 4) is 0 Å². The van der Waals surface area contributed by atoms with Crippen LogP contribution in [0.1, 0.15) is 30.4 Å². The maximum Gasteiger partial charge on any atom is 0.224 e. The van der Waals surface area contributed by atoms with Crippen LogP contribution in [0.3, 0.4) is 0 Å². The first-order chi connectivity index (χ1) is 10.8. The molecule has 1 spiro atoms. The lowest BCUT2D eigenvalue weighted by atomic mass is 9.78. The summed E-state index contributed by atoms with van der Waals surface area (Å²) in [6.45, 7) is 3.02. The van der Waals surface area contributed by atoms with E-state index in [2.05, 4.69) is 34.9 Å². The summed E-state index contributed by atoms with van der Waals surface area (Å²) in [4.78, 5) is 12.4. The predicted molar refractivity (Wildman–Crippen MR) is 94.2 cm³/mol. The highest BCUT2D eigenvalue weighted by Gasteiger charge is 2.59. The van der Waals surface area contributed by atoms with Crippen molar-refractivity contribution in [1.82, 2.24) is 10.6 Å². The fourth-order valence-electron chi connectivity index (χ4n) is 3.87. The van der Waals surface area contributed by atoms with Crippen LogP contribution in [-0.4, -0.2) is 39.3 Å². The molecule has 5 heteroatoms. The number of ether oxygens (including phenoxy) is 1. The van der Waals surface area contributed by atoms with E-state index in [1.807, 2.05) is 0 Å². The molecule has 1 aromatic carbocycles. The van der Waals surface area contributed by atoms with Crippen LogP contribution in [0.5, 0.6) is 0 Å². The van der Waals surface area contributed by atoms with E-state index in [0.29, 0.717) is 13.2 Å². The lowest BCUT2D eigenvalue weighted by Gasteiger charge is -2.26. The zero-order valence-corrected chi connectivity index (χ0v) is 14.6. The highest BCUT2D eigenvalue weighted by Crippen LogP contribution is 2.60. The van der Waals surface area contributed by atoms with Crippen LogP contribution in [0.15, 0.2) is 24.3 Å². The number of methoxy groups -OCH3 is 1. The predicted octanol–water partition coefficient (Wildman–Crippen LogP) is 2.05. The van der Waals surface area contributed by atoms with Crippen LogP contribution >= 0.6 is 12.4 Å². The third-order valence-electron chi connectivity index (χ3n) is 5.10. The molecule has 3 rings (SSSR count). The van der Waals surface area contributed by atoms with Gasteiger partial charge in [0.1, 0.15) is 0 Å². The second kappa shape index (κ2) is 8.13. The van der Waals surface area contributed by atoms with Gasteiger partial charge in [-0.3, -0.25) is 4.79 Å². The van der Waals surface area contributed by atoms with Gasteiger partial charge in [-0.2, -0.15) is 0 Å². The molecular formula is C18H27ClN2O2. The molecule has 23 heavy (non-hydrogen) atoms. The molecule has 0 aromatic heterocycles. The maximum absolute atomic E-state index is 12.4. The molecule has 4 nitrogen and oxygen atoms in total. The average molecular weight is 339 g/mol. The normalized spacial score (nSPS) is 24.7. The summed E-state index contributed by atoms with van der Waals surface area (Å²) >= 11 is 0. The van der Waals surface area contributed by atoms with Crippen molar-refractivity contribution in [2.75, 3.05) is 33.4 Å². The zero-order chi connectivity index (χ0) is 15.4. The van der Waals surface area contributed by atoms with Gasteiger partial charge in [0, 0.05) is 38.1 Å². The molecule has 128 valence electrons. The molecule has 2 aliphatic carbocycles. The van der Waals surface area contributed by atoms with Crippen LogP contribution in [0.25, 0.3) is 0 Å². The van der Waals surface area contributed by atoms with Gasteiger partial charge in [-0.1, -0.05) is 24.3 Å². The van der Waals surface area contributed by atoms with Gasteiger partial charge < -0.3 is 15.4 Å². The molecule has 1 amide bonds. The third-order valence-corrected chi connectivity index (χ3v) is 5.10. The van der Waals surface area contributed by atoms with Crippen LogP contribution in [0, 0.1) is 5.92 Å². The first-order valence-electron chi connectivity index (χ1n) is 8.34. The SMILES string of the molecule is COCCNCCNC(=O)C1CC12CCCc1ccccc12.Cl. The Morgan fingerprint density at radius 2 is 2.13 bits per heavy atom. The molecule has 2 atom stereocenters. The molecule has 2 unspecified atom stereocenters. The number of nitrogens with one attached hydrogen (secondary N) is 2. The van der Waals surface area contributed by atoms with E-state index in [4.69, 9.17) is 4.74 Å². The van der Waals surface area contributed by atoms with Crippen molar-refractivity contribution in [3.05, 3.63) is 35.4 Å². The Balaban J connectivity index is 0.00000192. The molecule has 0 heterocycles. The summed E-state index contributed by atoms with van der Waals surface area (Å²) in [5, 5.41) is 6.33. The van der Waals surface area contributed by atoms with Crippen molar-refractivity contribution in [2.24, 2.45) is 5.92 Å². The minimum atomic E-state index is 0. The second-order valence-electron chi connectivity index (χ2n) is 6.46. The lowest BCUT2D eigenvalue weighted by molar-refractivity contribution is -0.122. The molecule has 1 fully saturated rings. The van der Waals surface area contributed by atoms with Crippen molar-refractivity contribution < 1.29 is 9.53 Å². The number of amides is 1. The molecule has 0 aliphatic heterocycles. The van der Waals surface area contributed by atoms with Gasteiger partial charge in [0.05, 0.1) is 6.61 Å². The highest BCUT2D eigenvalue weighted by atomic mass is 35.5. The Morgan fingerprint density at radius 3 is 2.96 bits per heavy atom. The fourth-order valence-corrected chi connectivity index (χ4v) is 3.87. The average Bonchev–Trinajstić information content (AvgIpc) is 3.26. The van der Waals surface area contributed by atoms with E-state index < -0.39 is 0 Å². The first-order valence-corrected chi connectivity index (χ1v) is 8.34. The zero-order valence-electron chi connectivity index (χ0n) is 13.8. The minimum Gasteiger partial charge on any atom is -0.383 e. The number of halogens is 1. The van der Waals surface area contributed by atoms with Crippen LogP contribution in [-0.2, 0) is 21.4 Å². The highest BCUT2D eigenvalue weighted by molar-refractivity contribution is 5.85. The summed E-state index contributed by atoms with van der Waals surface area (Å²) in [5.41, 5.74) is 3.02. The quantitative estimate of drug-likeness (QED) is 0.748. The van der Waals surface area contributed by atoms with Crippen molar-refractivity contribution in [2.45, 2.75) is 31.1 Å². The first kappa shape index (κ1) is 18.2. The van der Waals surface area contributed by atoms with Gasteiger partial charge >= 0.3 is 0 Å². The summed E-state index contributed by atoms with van der Waals surface area (Å²) in [6.07, 6.45) is 4.55. The number of aryl methyl sites for hydroxylation is 1. The van der Waals surface area contributed by atoms with Gasteiger partial charge in [0.25, 0.3) is 0 Å². The standard InChI is InChI=1S/C18H26N2O2.ClH/c1-22-12-11-19-9-10-20-17(21)16-13-18(16)8-4-6-14-5-2-3-7-15(14)18;/h2-3,5,7,16,19H,4,6,8-13H2,1H3,(H,20,21);1H. The molecule has 1 aromatic rings. The third kappa shape index (κ3) is 3.87. The largest absolute Gasteiger partial charge is 0.383 e. The lowest BCUT2D eigenvalue weighted by Crippen LogP contribution is -2.35. The number of fused-ring (bicyclic) bond motifs is 2. The molecule has 2 aliphatic rings. The van der Waals surface area contributed by atoms with Crippen molar-refractivity contribution in [3.63, 3.8) is 0 Å². The molecule has 0 saturated heterocycles. The van der Waals surface area contributed by atoms with Crippen LogP contribution in [0.2, 0.25) is 0 Å². The maximum atomic E-state index is 12.4. The number of benzene rings is 1. The van der Waals surface area contributed by atoms with Gasteiger partial charge in [0.2, 0.25) is 5.91 Å². The Kier molecular flexibility index (Phi) is 6.45. The minimum absolute atomic E-state index is 0. The van der Waals surface area contributed by atoms with Crippen molar-refractivity contribution >= 4 is 18.3 Å². The van der Waals surface area contributed by atoms with E-state index in [0.717, 1.165) is 32.4 Å². The molecule has 1 saturated carbocycles. The van der Waals surface area contributed by atoms with Crippen molar-refractivity contribution in [1.29, 1.82) is 0 Å². The number of rotatable bonds is 7. The Labute approximate surface area is 144 Å². The van der Waals surface area contributed by atoms with Gasteiger partial charge in [-0.15, -0.1) is 12.4 Å². The van der Waals surface area contributed by atoms with Gasteiger partial charge in [-0.25, -0.2) is 0 Å². The van der Waals surface area contributed by atoms with E-state index in [-0.39, 0.29) is 29.6 Å². The van der Waals surface area contributed by atoms with E-state index in [9.17, 15) is 4.79 Å². The number of hydrogen-bond donors (Lipinski definition) is 2. The molecular weight excluding hydrogens is 312 g/mol. The van der Waals surface area contributed by atoms with Gasteiger partial charge in [0.15, 0.2) is 0 Å². The fraction of sp³-hybridized carbons (Fsp3) is 0.611. The Morgan fingerprint density at radius 1 is 1.30 bits per heavy atom. The summed E-state index contributed by atoms with van der Waals surface area (Å²) < 4.78 is 4.98. The van der Waals surface area contributed by atoms with E-state index >= 15 is 0 Å². The molecule has 0 radical (unpaired) electrons. The molecule has 2 N–H and O–H groups in total. The number of carbonyl (C=O) groups is 1. The summed E-state index contributed by atoms with van der Waals surface area (Å²) in [7, 11) is 1.69. The Hall–Kier alpha value is -1.10. The van der Waals surface area contributed by atoms with Crippen LogP contribution < -0.4 is 10.6 Å². The van der Waals surface area contributed by atoms with E-state index in [1.165, 1.54) is 17.5 Å². The Bertz CT molecular complexity index is 538. The number of carbonyl (C=O) groups excluding carboxylic acids is 1. The second-order valence-corrected chi connectivity index (χ2v) is 6.46. The monoisotopic (exact) mass is 338 g/mol. The summed E-state index contributed by atoms with van der Waals surface area (Å²) in [6, 6.07) is 8.68. The smallest absolute Gasteiger partial charge is 0.224 e. The van der Waals surface area contributed by atoms with Crippen LogP contribution in [0.4, 0.5) is 0 Å². The van der Waals surface area contributed by atoms with Gasteiger partial charge in [-0.05, 0) is 36.8 Å². The summed E-state index contributed by atoms with van der Waals surface area (Å²) in [5.74, 6) is 0.401. The molecule has 0 bridgehead atoms. The van der Waals surface area contributed by atoms with E-state index in [1.54, 1.807) is 7.11 Å². The number of hydrogen-bond acceptors (Lipinski definition) is 3.